The Balaban J connectivity index is 2.00. The van der Waals surface area contributed by atoms with Crippen LogP contribution in [0.25, 0.3) is 0 Å². The molecule has 3 N–H and O–H groups in total. The van der Waals surface area contributed by atoms with Gasteiger partial charge in [0.05, 0.1) is 5.92 Å². The molecule has 0 spiro atoms. The highest BCUT2D eigenvalue weighted by molar-refractivity contribution is 5.94. The Morgan fingerprint density at radius 3 is 2.53 bits per heavy atom. The molecule has 5 heteroatoms. The van der Waals surface area contributed by atoms with Crippen LogP contribution in [0.1, 0.15) is 24.8 Å². The number of nitrogens with one attached hydrogen (secondary N) is 1. The number of aryl methyl sites for hydroxylation is 1. The van der Waals surface area contributed by atoms with Gasteiger partial charge in [-0.25, -0.2) is 0 Å². The van der Waals surface area contributed by atoms with Crippen LogP contribution in [0.4, 0.5) is 5.69 Å². The van der Waals surface area contributed by atoms with Crippen LogP contribution < -0.4 is 5.32 Å². The number of phenolic OH excluding ortho intramolecular Hbond substituents is 1. The third-order valence-electron chi connectivity index (χ3n) is 3.62. The molecule has 1 saturated carbocycles. The van der Waals surface area contributed by atoms with Crippen molar-refractivity contribution in [3.63, 3.8) is 0 Å². The molecular formula is C14H17NO4. The normalized spacial score (nSPS) is 22.2. The van der Waals surface area contributed by atoms with E-state index in [1.54, 1.807) is 19.1 Å². The summed E-state index contributed by atoms with van der Waals surface area (Å²) in [5.41, 5.74) is 1.43. The summed E-state index contributed by atoms with van der Waals surface area (Å²) in [5, 5.41) is 21.0. The molecule has 0 aromatic heterocycles. The standard InChI is InChI=1S/C14H17NO4/c1-8-6-11(16)4-5-12(8)15-13(17)9-2-3-10(7-9)14(18)19/h4-6,9-10,16H,2-3,7H2,1H3,(H,15,17)(H,18,19)/t9-,10+/m1/s1. The number of amides is 1. The first-order valence-corrected chi connectivity index (χ1v) is 6.30. The van der Waals surface area contributed by atoms with E-state index in [9.17, 15) is 14.7 Å². The van der Waals surface area contributed by atoms with Crippen LogP contribution in [0.3, 0.4) is 0 Å². The first-order valence-electron chi connectivity index (χ1n) is 6.30. The zero-order valence-electron chi connectivity index (χ0n) is 10.7. The number of aliphatic carboxylic acids is 1. The van der Waals surface area contributed by atoms with Gasteiger partial charge < -0.3 is 15.5 Å². The molecule has 2 atom stereocenters. The van der Waals surface area contributed by atoms with Gasteiger partial charge in [-0.05, 0) is 49.9 Å². The predicted molar refractivity (Wildman–Crippen MR) is 69.9 cm³/mol. The van der Waals surface area contributed by atoms with E-state index in [1.807, 2.05) is 0 Å². The lowest BCUT2D eigenvalue weighted by molar-refractivity contribution is -0.141. The molecule has 1 aromatic carbocycles. The third kappa shape index (κ3) is 3.05. The number of aromatic hydroxyl groups is 1. The van der Waals surface area contributed by atoms with Crippen LogP contribution in [0.15, 0.2) is 18.2 Å². The molecule has 0 heterocycles. The van der Waals surface area contributed by atoms with E-state index in [0.717, 1.165) is 5.56 Å². The van der Waals surface area contributed by atoms with Crippen LogP contribution >= 0.6 is 0 Å². The fraction of sp³-hybridized carbons (Fsp3) is 0.429. The first kappa shape index (κ1) is 13.4. The van der Waals surface area contributed by atoms with Gasteiger partial charge in [0.15, 0.2) is 0 Å². The van der Waals surface area contributed by atoms with Gasteiger partial charge in [-0.1, -0.05) is 0 Å². The van der Waals surface area contributed by atoms with E-state index < -0.39 is 11.9 Å². The highest BCUT2D eigenvalue weighted by Gasteiger charge is 2.33. The summed E-state index contributed by atoms with van der Waals surface area (Å²) in [6.45, 7) is 1.80. The number of carbonyl (C=O) groups is 2. The Morgan fingerprint density at radius 2 is 1.95 bits per heavy atom. The van der Waals surface area contributed by atoms with Crippen molar-refractivity contribution in [2.45, 2.75) is 26.2 Å². The van der Waals surface area contributed by atoms with Crippen LogP contribution in [-0.2, 0) is 9.59 Å². The third-order valence-corrected chi connectivity index (χ3v) is 3.62. The van der Waals surface area contributed by atoms with Gasteiger partial charge in [0.25, 0.3) is 0 Å². The number of phenols is 1. The molecule has 1 fully saturated rings. The number of hydrogen-bond donors (Lipinski definition) is 3. The van der Waals surface area contributed by atoms with Crippen LogP contribution in [0.5, 0.6) is 5.75 Å². The summed E-state index contributed by atoms with van der Waals surface area (Å²) >= 11 is 0. The number of benzene rings is 1. The molecule has 19 heavy (non-hydrogen) atoms. The van der Waals surface area contributed by atoms with Crippen molar-refractivity contribution in [3.05, 3.63) is 23.8 Å². The topological polar surface area (TPSA) is 86.6 Å². The monoisotopic (exact) mass is 263 g/mol. The number of hydrogen-bond acceptors (Lipinski definition) is 3. The Labute approximate surface area is 111 Å². The Morgan fingerprint density at radius 1 is 1.26 bits per heavy atom. The Bertz CT molecular complexity index is 512. The summed E-state index contributed by atoms with van der Waals surface area (Å²) in [6.07, 6.45) is 1.57. The summed E-state index contributed by atoms with van der Waals surface area (Å²) < 4.78 is 0. The van der Waals surface area contributed by atoms with E-state index in [2.05, 4.69) is 5.32 Å². The second-order valence-electron chi connectivity index (χ2n) is 5.03. The van der Waals surface area contributed by atoms with Crippen molar-refractivity contribution in [2.24, 2.45) is 11.8 Å². The van der Waals surface area contributed by atoms with Crippen molar-refractivity contribution in [3.8, 4) is 5.75 Å². The van der Waals surface area contributed by atoms with E-state index in [4.69, 9.17) is 5.11 Å². The first-order chi connectivity index (χ1) is 8.97. The van der Waals surface area contributed by atoms with Crippen LogP contribution in [0.2, 0.25) is 0 Å². The molecule has 1 aromatic rings. The van der Waals surface area contributed by atoms with Gasteiger partial charge in [0.1, 0.15) is 5.75 Å². The van der Waals surface area contributed by atoms with E-state index in [1.165, 1.54) is 6.07 Å². The minimum atomic E-state index is -0.823. The van der Waals surface area contributed by atoms with Crippen molar-refractivity contribution in [1.82, 2.24) is 0 Å². The molecule has 5 nitrogen and oxygen atoms in total. The number of carbonyl (C=O) groups excluding carboxylic acids is 1. The highest BCUT2D eigenvalue weighted by Crippen LogP contribution is 2.32. The van der Waals surface area contributed by atoms with E-state index >= 15 is 0 Å². The maximum atomic E-state index is 12.1. The minimum Gasteiger partial charge on any atom is -0.508 e. The molecular weight excluding hydrogens is 246 g/mol. The zero-order valence-corrected chi connectivity index (χ0v) is 10.7. The smallest absolute Gasteiger partial charge is 0.306 e. The van der Waals surface area contributed by atoms with Gasteiger partial charge >= 0.3 is 5.97 Å². The summed E-state index contributed by atoms with van der Waals surface area (Å²) in [6, 6.07) is 4.73. The van der Waals surface area contributed by atoms with Crippen LogP contribution in [-0.4, -0.2) is 22.1 Å². The van der Waals surface area contributed by atoms with E-state index in [0.29, 0.717) is 24.9 Å². The molecule has 0 aliphatic heterocycles. The fourth-order valence-electron chi connectivity index (χ4n) is 2.47. The molecule has 1 aliphatic rings. The molecule has 0 saturated heterocycles. The van der Waals surface area contributed by atoms with Crippen molar-refractivity contribution in [1.29, 1.82) is 0 Å². The van der Waals surface area contributed by atoms with Crippen LogP contribution in [0, 0.1) is 18.8 Å². The summed E-state index contributed by atoms with van der Waals surface area (Å²) in [7, 11) is 0. The molecule has 0 unspecified atom stereocenters. The lowest BCUT2D eigenvalue weighted by atomic mass is 10.0. The summed E-state index contributed by atoms with van der Waals surface area (Å²) in [5.74, 6) is -1.46. The molecule has 0 radical (unpaired) electrons. The van der Waals surface area contributed by atoms with Gasteiger partial charge in [-0.3, -0.25) is 9.59 Å². The largest absolute Gasteiger partial charge is 0.508 e. The molecule has 2 rings (SSSR count). The van der Waals surface area contributed by atoms with E-state index in [-0.39, 0.29) is 17.6 Å². The number of carboxylic acid groups (broad SMARTS) is 1. The molecule has 102 valence electrons. The second-order valence-corrected chi connectivity index (χ2v) is 5.03. The van der Waals surface area contributed by atoms with Gasteiger partial charge in [-0.2, -0.15) is 0 Å². The average molecular weight is 263 g/mol. The lowest BCUT2D eigenvalue weighted by Gasteiger charge is -2.12. The SMILES string of the molecule is Cc1cc(O)ccc1NC(=O)[C@@H]1CC[C@H](C(=O)O)C1. The van der Waals surface area contributed by atoms with Gasteiger partial charge in [-0.15, -0.1) is 0 Å². The number of carboxylic acids is 1. The maximum Gasteiger partial charge on any atom is 0.306 e. The van der Waals surface area contributed by atoms with Crippen molar-refractivity contribution in [2.75, 3.05) is 5.32 Å². The molecule has 1 amide bonds. The lowest BCUT2D eigenvalue weighted by Crippen LogP contribution is -2.22. The van der Waals surface area contributed by atoms with Crippen molar-refractivity contribution >= 4 is 17.6 Å². The highest BCUT2D eigenvalue weighted by atomic mass is 16.4. The molecule has 1 aliphatic carbocycles. The Hall–Kier alpha value is -2.04. The number of rotatable bonds is 3. The quantitative estimate of drug-likeness (QED) is 0.729. The van der Waals surface area contributed by atoms with Gasteiger partial charge in [0, 0.05) is 11.6 Å². The maximum absolute atomic E-state index is 12.1. The number of anilines is 1. The second kappa shape index (κ2) is 5.30. The van der Waals surface area contributed by atoms with Crippen molar-refractivity contribution < 1.29 is 19.8 Å². The average Bonchev–Trinajstić information content (AvgIpc) is 2.82. The Kier molecular flexibility index (Phi) is 3.74. The zero-order chi connectivity index (χ0) is 14.0. The predicted octanol–water partition coefficient (Wildman–Crippen LogP) is 2.14. The summed E-state index contributed by atoms with van der Waals surface area (Å²) in [4.78, 5) is 22.9. The minimum absolute atomic E-state index is 0.141. The van der Waals surface area contributed by atoms with Gasteiger partial charge in [0.2, 0.25) is 5.91 Å². The fourth-order valence-corrected chi connectivity index (χ4v) is 2.47. The molecule has 0 bridgehead atoms.